The van der Waals surface area contributed by atoms with Gasteiger partial charge in [0, 0.05) is 26.2 Å². The van der Waals surface area contributed by atoms with Crippen molar-refractivity contribution in [2.45, 2.75) is 12.5 Å². The van der Waals surface area contributed by atoms with E-state index in [0.717, 1.165) is 13.0 Å². The molecule has 7 heteroatoms. The first kappa shape index (κ1) is 19.1. The lowest BCUT2D eigenvalue weighted by Gasteiger charge is -2.19. The van der Waals surface area contributed by atoms with Crippen LogP contribution in [-0.4, -0.2) is 78.8 Å². The van der Waals surface area contributed by atoms with Gasteiger partial charge in [0.05, 0.1) is 19.3 Å². The van der Waals surface area contributed by atoms with Crippen LogP contribution < -0.4 is 17.2 Å². The molecule has 0 aliphatic rings. The van der Waals surface area contributed by atoms with Gasteiger partial charge >= 0.3 is 0 Å². The average Bonchev–Trinajstić information content (AvgIpc) is 2.36. The molecule has 0 aromatic carbocycles. The molecule has 0 aromatic heterocycles. The summed E-state index contributed by atoms with van der Waals surface area (Å²) in [7, 11) is 0. The number of nitrogens with two attached hydrogens (primary N) is 3. The molecule has 0 saturated carbocycles. The number of hydrogen-bond donors (Lipinski definition) is 6. The molecule has 0 aliphatic heterocycles. The summed E-state index contributed by atoms with van der Waals surface area (Å²) in [6.07, 6.45) is 0.407. The lowest BCUT2D eigenvalue weighted by Crippen LogP contribution is -2.31. The van der Waals surface area contributed by atoms with E-state index in [2.05, 4.69) is 0 Å². The fourth-order valence-electron chi connectivity index (χ4n) is 1.03. The van der Waals surface area contributed by atoms with Crippen molar-refractivity contribution in [3.63, 3.8) is 0 Å². The Morgan fingerprint density at radius 2 is 1.35 bits per heavy atom. The van der Waals surface area contributed by atoms with Crippen LogP contribution in [0, 0.1) is 0 Å². The Kier molecular flexibility index (Phi) is 17.6. The molecule has 0 aromatic rings. The van der Waals surface area contributed by atoms with Gasteiger partial charge in [-0.2, -0.15) is 0 Å². The van der Waals surface area contributed by atoms with Crippen LogP contribution in [0.25, 0.3) is 0 Å². The molecular formula is C10H28N4O3. The molecule has 9 N–H and O–H groups in total. The predicted molar refractivity (Wildman–Crippen MR) is 68.4 cm³/mol. The Labute approximate surface area is 103 Å². The summed E-state index contributed by atoms with van der Waals surface area (Å²) >= 11 is 0. The van der Waals surface area contributed by atoms with Crippen LogP contribution in [0.4, 0.5) is 0 Å². The van der Waals surface area contributed by atoms with Gasteiger partial charge in [-0.1, -0.05) is 0 Å². The van der Waals surface area contributed by atoms with Gasteiger partial charge in [-0.25, -0.2) is 0 Å². The van der Waals surface area contributed by atoms with Crippen LogP contribution in [-0.2, 0) is 0 Å². The Balaban J connectivity index is 0. The smallest absolute Gasteiger partial charge is 0.0784 e. The van der Waals surface area contributed by atoms with Crippen molar-refractivity contribution < 1.29 is 15.3 Å². The normalized spacial score (nSPS) is 10.6. The molecule has 0 rings (SSSR count). The van der Waals surface area contributed by atoms with E-state index in [9.17, 15) is 0 Å². The van der Waals surface area contributed by atoms with Gasteiger partial charge in [0.2, 0.25) is 0 Å². The van der Waals surface area contributed by atoms with Crippen molar-refractivity contribution >= 4 is 0 Å². The maximum atomic E-state index is 8.61. The van der Waals surface area contributed by atoms with Crippen molar-refractivity contribution in [3.8, 4) is 0 Å². The topological polar surface area (TPSA) is 142 Å². The van der Waals surface area contributed by atoms with E-state index in [1.54, 1.807) is 0 Å². The Morgan fingerprint density at radius 1 is 0.882 bits per heavy atom. The predicted octanol–water partition coefficient (Wildman–Crippen LogP) is -3.11. The van der Waals surface area contributed by atoms with Crippen molar-refractivity contribution in [1.29, 1.82) is 0 Å². The highest BCUT2D eigenvalue weighted by Crippen LogP contribution is 1.88. The van der Waals surface area contributed by atoms with E-state index < -0.39 is 6.10 Å². The highest BCUT2D eigenvalue weighted by molar-refractivity contribution is 4.56. The third kappa shape index (κ3) is 15.7. The molecule has 0 unspecified atom stereocenters. The summed E-state index contributed by atoms with van der Waals surface area (Å²) in [6.45, 7) is 3.58. The van der Waals surface area contributed by atoms with E-state index in [0.29, 0.717) is 19.6 Å². The average molecular weight is 252 g/mol. The van der Waals surface area contributed by atoms with E-state index in [1.807, 2.05) is 4.90 Å². The molecule has 106 valence electrons. The van der Waals surface area contributed by atoms with Crippen LogP contribution >= 0.6 is 0 Å². The quantitative estimate of drug-likeness (QED) is 0.255. The van der Waals surface area contributed by atoms with Gasteiger partial charge in [-0.3, -0.25) is 4.90 Å². The lowest BCUT2D eigenvalue weighted by atomic mass is 10.3. The van der Waals surface area contributed by atoms with Crippen molar-refractivity contribution in [2.24, 2.45) is 17.2 Å². The first-order valence-corrected chi connectivity index (χ1v) is 5.88. The Morgan fingerprint density at radius 3 is 1.59 bits per heavy atom. The number of aliphatic hydroxyl groups excluding tert-OH is 3. The standard InChI is InChI=1S/C7H18N2O2.C3H10N2O/c8-2-1-3-9(4-6-10)5-7-11;4-1-3(6)2-5/h10-11H,1-8H2;3,6H,1-2,4-5H2. The van der Waals surface area contributed by atoms with Gasteiger partial charge in [-0.15, -0.1) is 0 Å². The van der Waals surface area contributed by atoms with Crippen LogP contribution in [0.1, 0.15) is 6.42 Å². The zero-order chi connectivity index (χ0) is 13.5. The fraction of sp³-hybridized carbons (Fsp3) is 1.00. The molecule has 0 heterocycles. The van der Waals surface area contributed by atoms with E-state index in [-0.39, 0.29) is 26.3 Å². The summed E-state index contributed by atoms with van der Waals surface area (Å²) in [5, 5.41) is 25.6. The van der Waals surface area contributed by atoms with Crippen LogP contribution in [0.3, 0.4) is 0 Å². The zero-order valence-electron chi connectivity index (χ0n) is 10.5. The number of hydrogen-bond acceptors (Lipinski definition) is 7. The molecule has 0 spiro atoms. The second kappa shape index (κ2) is 15.7. The van der Waals surface area contributed by atoms with E-state index in [1.165, 1.54) is 0 Å². The molecule has 0 saturated heterocycles. The largest absolute Gasteiger partial charge is 0.395 e. The fourth-order valence-corrected chi connectivity index (χ4v) is 1.03. The van der Waals surface area contributed by atoms with Crippen molar-refractivity contribution in [1.82, 2.24) is 4.90 Å². The van der Waals surface area contributed by atoms with Gasteiger partial charge in [0.25, 0.3) is 0 Å². The second-order valence-corrected chi connectivity index (χ2v) is 3.56. The van der Waals surface area contributed by atoms with Crippen LogP contribution in [0.5, 0.6) is 0 Å². The van der Waals surface area contributed by atoms with Crippen LogP contribution in [0.15, 0.2) is 0 Å². The second-order valence-electron chi connectivity index (χ2n) is 3.56. The summed E-state index contributed by atoms with van der Waals surface area (Å²) in [4.78, 5) is 1.99. The Hall–Kier alpha value is -0.280. The Bertz CT molecular complexity index is 131. The van der Waals surface area contributed by atoms with Gasteiger partial charge in [-0.05, 0) is 19.5 Å². The third-order valence-corrected chi connectivity index (χ3v) is 2.06. The molecule has 17 heavy (non-hydrogen) atoms. The molecule has 0 radical (unpaired) electrons. The monoisotopic (exact) mass is 252 g/mol. The molecule has 0 aliphatic carbocycles. The number of rotatable bonds is 9. The molecule has 0 fully saturated rings. The highest BCUT2D eigenvalue weighted by atomic mass is 16.3. The van der Waals surface area contributed by atoms with Crippen molar-refractivity contribution in [3.05, 3.63) is 0 Å². The third-order valence-electron chi connectivity index (χ3n) is 2.06. The number of aliphatic hydroxyl groups is 3. The zero-order valence-corrected chi connectivity index (χ0v) is 10.5. The SMILES string of the molecule is NCC(O)CN.NCCCN(CCO)CCO. The van der Waals surface area contributed by atoms with E-state index >= 15 is 0 Å². The first-order valence-electron chi connectivity index (χ1n) is 5.88. The minimum atomic E-state index is -0.509. The minimum absolute atomic E-state index is 0.143. The molecule has 0 amide bonds. The summed E-state index contributed by atoms with van der Waals surface area (Å²) in [5.41, 5.74) is 15.2. The maximum Gasteiger partial charge on any atom is 0.0784 e. The van der Waals surface area contributed by atoms with E-state index in [4.69, 9.17) is 32.5 Å². The van der Waals surface area contributed by atoms with Gasteiger partial charge < -0.3 is 32.5 Å². The lowest BCUT2D eigenvalue weighted by molar-refractivity contribution is 0.160. The van der Waals surface area contributed by atoms with Gasteiger partial charge in [0.15, 0.2) is 0 Å². The summed E-state index contributed by atoms with van der Waals surface area (Å²) in [6, 6.07) is 0. The molecule has 0 bridgehead atoms. The maximum absolute atomic E-state index is 8.61. The highest BCUT2D eigenvalue weighted by Gasteiger charge is 2.00. The van der Waals surface area contributed by atoms with Gasteiger partial charge in [0.1, 0.15) is 0 Å². The number of nitrogens with zero attached hydrogens (tertiary/aromatic N) is 1. The summed E-state index contributed by atoms with van der Waals surface area (Å²) in [5.74, 6) is 0. The molecule has 7 nitrogen and oxygen atoms in total. The van der Waals surface area contributed by atoms with Crippen LogP contribution in [0.2, 0.25) is 0 Å². The first-order chi connectivity index (χ1) is 8.15. The molecule has 0 atom stereocenters. The minimum Gasteiger partial charge on any atom is -0.395 e. The van der Waals surface area contributed by atoms with Crippen molar-refractivity contribution in [2.75, 3.05) is 52.5 Å². The molecular weight excluding hydrogens is 224 g/mol. The summed E-state index contributed by atoms with van der Waals surface area (Å²) < 4.78 is 0.